The van der Waals surface area contributed by atoms with Crippen LogP contribution in [0, 0.1) is 0 Å². The van der Waals surface area contributed by atoms with Crippen LogP contribution in [0.1, 0.15) is 13.8 Å². The molecule has 0 aromatic heterocycles. The highest BCUT2D eigenvalue weighted by atomic mass is 79.9. The Kier molecular flexibility index (Phi) is 7.21. The highest BCUT2D eigenvalue weighted by Crippen LogP contribution is 2.19. The minimum absolute atomic E-state index is 0.185. The molecule has 0 saturated heterocycles. The van der Waals surface area contributed by atoms with Gasteiger partial charge >= 0.3 is 0 Å². The molecule has 108 valence electrons. The fraction of sp³-hybridized carbons (Fsp3) is 0.571. The maximum Gasteiger partial charge on any atom is 0.120 e. The summed E-state index contributed by atoms with van der Waals surface area (Å²) in [5, 5.41) is 13.1. The predicted octanol–water partition coefficient (Wildman–Crippen LogP) is 2.92. The van der Waals surface area contributed by atoms with E-state index in [1.807, 2.05) is 36.0 Å². The van der Waals surface area contributed by atoms with Gasteiger partial charge in [0.25, 0.3) is 0 Å². The van der Waals surface area contributed by atoms with Crippen molar-refractivity contribution in [1.29, 1.82) is 0 Å². The van der Waals surface area contributed by atoms with Gasteiger partial charge in [-0.3, -0.25) is 0 Å². The summed E-state index contributed by atoms with van der Waals surface area (Å²) in [5.74, 6) is 0.762. The smallest absolute Gasteiger partial charge is 0.120 e. The molecule has 0 bridgehead atoms. The van der Waals surface area contributed by atoms with E-state index in [-0.39, 0.29) is 4.75 Å². The van der Waals surface area contributed by atoms with Gasteiger partial charge in [0.05, 0.1) is 0 Å². The summed E-state index contributed by atoms with van der Waals surface area (Å²) in [5.41, 5.74) is 0. The van der Waals surface area contributed by atoms with E-state index in [9.17, 15) is 5.11 Å². The van der Waals surface area contributed by atoms with Crippen LogP contribution in [0.5, 0.6) is 5.75 Å². The Morgan fingerprint density at radius 1 is 1.47 bits per heavy atom. The summed E-state index contributed by atoms with van der Waals surface area (Å²) in [4.78, 5) is 0. The van der Waals surface area contributed by atoms with Gasteiger partial charge in [-0.1, -0.05) is 22.0 Å². The summed E-state index contributed by atoms with van der Waals surface area (Å²) < 4.78 is 6.69. The lowest BCUT2D eigenvalue weighted by atomic mass is 10.2. The lowest BCUT2D eigenvalue weighted by Crippen LogP contribution is -2.38. The van der Waals surface area contributed by atoms with Crippen LogP contribution in [0.2, 0.25) is 0 Å². The minimum atomic E-state index is -0.503. The quantitative estimate of drug-likeness (QED) is 0.758. The molecule has 0 spiro atoms. The topological polar surface area (TPSA) is 41.5 Å². The molecule has 1 aromatic rings. The monoisotopic (exact) mass is 347 g/mol. The molecule has 0 saturated carbocycles. The van der Waals surface area contributed by atoms with Crippen molar-refractivity contribution in [3.05, 3.63) is 28.7 Å². The average molecular weight is 348 g/mol. The normalized spacial score (nSPS) is 13.3. The van der Waals surface area contributed by atoms with Crippen molar-refractivity contribution in [2.45, 2.75) is 24.7 Å². The number of benzene rings is 1. The molecule has 0 radical (unpaired) electrons. The molecule has 0 fully saturated rings. The molecule has 1 atom stereocenters. The first kappa shape index (κ1) is 16.8. The van der Waals surface area contributed by atoms with Crippen molar-refractivity contribution in [3.8, 4) is 5.75 Å². The van der Waals surface area contributed by atoms with Gasteiger partial charge in [0, 0.05) is 22.3 Å². The predicted molar refractivity (Wildman–Crippen MR) is 86.1 cm³/mol. The zero-order chi connectivity index (χ0) is 14.3. The molecule has 0 aliphatic rings. The fourth-order valence-electron chi connectivity index (χ4n) is 1.42. The Morgan fingerprint density at radius 2 is 2.21 bits per heavy atom. The number of halogens is 1. The number of rotatable bonds is 8. The van der Waals surface area contributed by atoms with Crippen LogP contribution in [0.15, 0.2) is 28.7 Å². The molecule has 19 heavy (non-hydrogen) atoms. The standard InChI is InChI=1S/C14H22BrNO2S/c1-14(2,19-3)10-16-8-12(17)9-18-13-6-4-5-11(15)7-13/h4-7,12,16-17H,8-10H2,1-3H3. The van der Waals surface area contributed by atoms with Crippen LogP contribution < -0.4 is 10.1 Å². The number of hydrogen-bond donors (Lipinski definition) is 2. The van der Waals surface area contributed by atoms with Crippen molar-refractivity contribution >= 4 is 27.7 Å². The van der Waals surface area contributed by atoms with Gasteiger partial charge in [-0.2, -0.15) is 11.8 Å². The number of thioether (sulfide) groups is 1. The van der Waals surface area contributed by atoms with Crippen molar-refractivity contribution in [2.75, 3.05) is 26.0 Å². The van der Waals surface area contributed by atoms with E-state index in [1.54, 1.807) is 0 Å². The Hall–Kier alpha value is -0.230. The maximum atomic E-state index is 9.84. The second-order valence-corrected chi connectivity index (χ2v) is 7.45. The summed E-state index contributed by atoms with van der Waals surface area (Å²) in [6.45, 7) is 6.05. The number of ether oxygens (including phenoxy) is 1. The molecule has 2 N–H and O–H groups in total. The third kappa shape index (κ3) is 7.20. The van der Waals surface area contributed by atoms with E-state index in [2.05, 4.69) is 41.3 Å². The number of hydrogen-bond acceptors (Lipinski definition) is 4. The van der Waals surface area contributed by atoms with E-state index in [0.29, 0.717) is 13.2 Å². The number of aliphatic hydroxyl groups excluding tert-OH is 1. The molecule has 1 unspecified atom stereocenters. The Balaban J connectivity index is 2.23. The average Bonchev–Trinajstić information content (AvgIpc) is 2.36. The highest BCUT2D eigenvalue weighted by molar-refractivity contribution is 9.10. The molecule has 1 rings (SSSR count). The highest BCUT2D eigenvalue weighted by Gasteiger charge is 2.15. The molecular weight excluding hydrogens is 326 g/mol. The van der Waals surface area contributed by atoms with Gasteiger partial charge in [-0.25, -0.2) is 0 Å². The molecule has 3 nitrogen and oxygen atoms in total. The van der Waals surface area contributed by atoms with Crippen molar-refractivity contribution in [3.63, 3.8) is 0 Å². The fourth-order valence-corrected chi connectivity index (χ4v) is 2.04. The SMILES string of the molecule is CSC(C)(C)CNCC(O)COc1cccc(Br)c1. The summed E-state index contributed by atoms with van der Waals surface area (Å²) in [6, 6.07) is 7.61. The maximum absolute atomic E-state index is 9.84. The molecule has 0 aliphatic carbocycles. The molecule has 0 heterocycles. The van der Waals surface area contributed by atoms with E-state index >= 15 is 0 Å². The largest absolute Gasteiger partial charge is 0.491 e. The lowest BCUT2D eigenvalue weighted by Gasteiger charge is -2.23. The van der Waals surface area contributed by atoms with Crippen LogP contribution in [0.4, 0.5) is 0 Å². The Labute approximate surface area is 128 Å². The van der Waals surface area contributed by atoms with Crippen molar-refractivity contribution in [2.24, 2.45) is 0 Å². The Morgan fingerprint density at radius 3 is 2.84 bits per heavy atom. The zero-order valence-corrected chi connectivity index (χ0v) is 14.1. The number of nitrogens with one attached hydrogen (secondary N) is 1. The van der Waals surface area contributed by atoms with Gasteiger partial charge in [-0.05, 0) is 38.3 Å². The van der Waals surface area contributed by atoms with Crippen molar-refractivity contribution < 1.29 is 9.84 Å². The van der Waals surface area contributed by atoms with Gasteiger partial charge in [0.15, 0.2) is 0 Å². The molecule has 0 amide bonds. The van der Waals surface area contributed by atoms with Gasteiger partial charge in [0.2, 0.25) is 0 Å². The first-order chi connectivity index (χ1) is 8.93. The first-order valence-electron chi connectivity index (χ1n) is 6.25. The summed E-state index contributed by atoms with van der Waals surface area (Å²) >= 11 is 5.19. The van der Waals surface area contributed by atoms with E-state index in [4.69, 9.17) is 4.74 Å². The second-order valence-electron chi connectivity index (χ2n) is 5.02. The third-order valence-electron chi connectivity index (χ3n) is 2.72. The van der Waals surface area contributed by atoms with Crippen molar-refractivity contribution in [1.82, 2.24) is 5.32 Å². The Bertz CT molecular complexity index is 387. The van der Waals surface area contributed by atoms with Gasteiger partial charge in [-0.15, -0.1) is 0 Å². The molecular formula is C14H22BrNO2S. The third-order valence-corrected chi connectivity index (χ3v) is 4.46. The first-order valence-corrected chi connectivity index (χ1v) is 8.27. The van der Waals surface area contributed by atoms with E-state index in [0.717, 1.165) is 16.8 Å². The second kappa shape index (κ2) is 8.15. The summed E-state index contributed by atoms with van der Waals surface area (Å²) in [6.07, 6.45) is 1.59. The van der Waals surface area contributed by atoms with Crippen LogP contribution in [0.3, 0.4) is 0 Å². The van der Waals surface area contributed by atoms with Crippen LogP contribution >= 0.6 is 27.7 Å². The minimum Gasteiger partial charge on any atom is -0.491 e. The van der Waals surface area contributed by atoms with Crippen LogP contribution in [-0.2, 0) is 0 Å². The van der Waals surface area contributed by atoms with E-state index in [1.165, 1.54) is 0 Å². The van der Waals surface area contributed by atoms with Crippen LogP contribution in [0.25, 0.3) is 0 Å². The van der Waals surface area contributed by atoms with E-state index < -0.39 is 6.10 Å². The zero-order valence-electron chi connectivity index (χ0n) is 11.6. The van der Waals surface area contributed by atoms with Gasteiger partial charge in [0.1, 0.15) is 18.5 Å². The molecule has 0 aliphatic heterocycles. The lowest BCUT2D eigenvalue weighted by molar-refractivity contribution is 0.106. The van der Waals surface area contributed by atoms with Crippen LogP contribution in [-0.4, -0.2) is 41.9 Å². The molecule has 5 heteroatoms. The summed E-state index contributed by atoms with van der Waals surface area (Å²) in [7, 11) is 0. The number of aliphatic hydroxyl groups is 1. The van der Waals surface area contributed by atoms with Gasteiger partial charge < -0.3 is 15.2 Å². The molecule has 1 aromatic carbocycles.